The number of aryl methyl sites for hydroxylation is 1. The Kier molecular flexibility index (Phi) is 3.82. The first-order chi connectivity index (χ1) is 10.4. The van der Waals surface area contributed by atoms with Gasteiger partial charge in [-0.25, -0.2) is 8.42 Å². The van der Waals surface area contributed by atoms with Crippen LogP contribution in [0.4, 0.5) is 0 Å². The van der Waals surface area contributed by atoms with Gasteiger partial charge in [0, 0.05) is 11.5 Å². The Morgan fingerprint density at radius 3 is 2.45 bits per heavy atom. The average Bonchev–Trinajstić information content (AvgIpc) is 2.46. The molecule has 116 valence electrons. The van der Waals surface area contributed by atoms with Crippen molar-refractivity contribution in [2.24, 2.45) is 5.92 Å². The molecule has 0 saturated carbocycles. The summed E-state index contributed by atoms with van der Waals surface area (Å²) in [5.74, 6) is -0.239. The van der Waals surface area contributed by atoms with E-state index >= 15 is 0 Å². The topological polar surface area (TPSA) is 75.0 Å². The zero-order valence-electron chi connectivity index (χ0n) is 12.6. The van der Waals surface area contributed by atoms with Gasteiger partial charge in [0.15, 0.2) is 15.6 Å². The first-order valence-electron chi connectivity index (χ1n) is 7.71. The Morgan fingerprint density at radius 2 is 1.86 bits per heavy atom. The lowest BCUT2D eigenvalue weighted by Crippen LogP contribution is -2.45. The van der Waals surface area contributed by atoms with Gasteiger partial charge in [-0.1, -0.05) is 18.6 Å². The van der Waals surface area contributed by atoms with Crippen LogP contribution in [-0.2, 0) is 9.84 Å². The number of carbonyl (C=O) groups excluding carboxylic acids is 1. The zero-order chi connectivity index (χ0) is 15.9. The van der Waals surface area contributed by atoms with Gasteiger partial charge in [-0.3, -0.25) is 4.79 Å². The van der Waals surface area contributed by atoms with Gasteiger partial charge in [0.1, 0.15) is 0 Å². The maximum atomic E-state index is 12.7. The molecule has 4 nitrogen and oxygen atoms in total. The van der Waals surface area contributed by atoms with Crippen LogP contribution in [0.5, 0.6) is 0 Å². The van der Waals surface area contributed by atoms with Crippen molar-refractivity contribution in [2.45, 2.75) is 49.5 Å². The van der Waals surface area contributed by atoms with E-state index < -0.39 is 9.84 Å². The van der Waals surface area contributed by atoms with Crippen molar-refractivity contribution in [3.05, 3.63) is 34.9 Å². The van der Waals surface area contributed by atoms with Gasteiger partial charge in [0.05, 0.1) is 22.1 Å². The predicted molar refractivity (Wildman–Crippen MR) is 83.3 cm³/mol. The number of sulfone groups is 1. The number of hydrogen-bond donors (Lipinski definition) is 0. The van der Waals surface area contributed by atoms with Gasteiger partial charge >= 0.3 is 0 Å². The molecule has 0 amide bonds. The number of nitriles is 1. The molecule has 1 aromatic rings. The van der Waals surface area contributed by atoms with E-state index in [2.05, 4.69) is 6.07 Å². The molecule has 2 saturated heterocycles. The SMILES string of the molecule is Cc1ccc(C(=O)C2CC3CCCC(C2)S3(=O)=O)cc1C#N. The number of ketones is 1. The summed E-state index contributed by atoms with van der Waals surface area (Å²) in [7, 11) is -3.04. The van der Waals surface area contributed by atoms with E-state index in [4.69, 9.17) is 5.26 Å². The van der Waals surface area contributed by atoms with E-state index in [9.17, 15) is 13.2 Å². The van der Waals surface area contributed by atoms with Crippen LogP contribution < -0.4 is 0 Å². The van der Waals surface area contributed by atoms with E-state index in [-0.39, 0.29) is 22.2 Å². The minimum Gasteiger partial charge on any atom is -0.294 e. The van der Waals surface area contributed by atoms with Crippen molar-refractivity contribution in [1.82, 2.24) is 0 Å². The van der Waals surface area contributed by atoms with Crippen molar-refractivity contribution >= 4 is 15.6 Å². The maximum Gasteiger partial charge on any atom is 0.166 e. The molecule has 2 aliphatic rings. The lowest BCUT2D eigenvalue weighted by molar-refractivity contribution is 0.0894. The molecule has 0 aromatic heterocycles. The van der Waals surface area contributed by atoms with Crippen molar-refractivity contribution in [3.8, 4) is 6.07 Å². The molecule has 3 rings (SSSR count). The smallest absolute Gasteiger partial charge is 0.166 e. The van der Waals surface area contributed by atoms with Crippen LogP contribution >= 0.6 is 0 Å². The minimum absolute atomic E-state index is 0.0108. The number of nitrogens with zero attached hydrogens (tertiary/aromatic N) is 1. The Labute approximate surface area is 131 Å². The standard InChI is InChI=1S/C17H19NO3S/c1-11-5-6-12(7-14(11)10-18)17(19)13-8-15-3-2-4-16(9-13)22(15,20)21/h5-7,13,15-16H,2-4,8-9H2,1H3. The average molecular weight is 317 g/mol. The fourth-order valence-corrected chi connectivity index (χ4v) is 6.29. The molecule has 2 fully saturated rings. The normalized spacial score (nSPS) is 29.5. The minimum atomic E-state index is -3.04. The molecule has 0 N–H and O–H groups in total. The molecular formula is C17H19NO3S. The van der Waals surface area contributed by atoms with Gasteiger partial charge in [0.25, 0.3) is 0 Å². The summed E-state index contributed by atoms with van der Waals surface area (Å²) in [4.78, 5) is 12.7. The largest absolute Gasteiger partial charge is 0.294 e. The first-order valence-corrected chi connectivity index (χ1v) is 9.32. The highest BCUT2D eigenvalue weighted by Gasteiger charge is 2.46. The van der Waals surface area contributed by atoms with Crippen molar-refractivity contribution < 1.29 is 13.2 Å². The molecule has 0 aliphatic carbocycles. The molecule has 2 bridgehead atoms. The van der Waals surface area contributed by atoms with Gasteiger partial charge in [-0.05, 0) is 44.2 Å². The Morgan fingerprint density at radius 1 is 1.23 bits per heavy atom. The molecule has 2 unspecified atom stereocenters. The summed E-state index contributed by atoms with van der Waals surface area (Å²) in [5.41, 5.74) is 1.89. The highest BCUT2D eigenvalue weighted by Crippen LogP contribution is 2.40. The molecule has 2 atom stereocenters. The summed E-state index contributed by atoms with van der Waals surface area (Å²) in [6, 6.07) is 7.27. The van der Waals surface area contributed by atoms with Gasteiger partial charge < -0.3 is 0 Å². The van der Waals surface area contributed by atoms with Crippen LogP contribution in [-0.4, -0.2) is 24.7 Å². The molecule has 0 spiro atoms. The van der Waals surface area contributed by atoms with Crippen LogP contribution in [0.2, 0.25) is 0 Å². The Bertz CT molecular complexity index is 741. The fraction of sp³-hybridized carbons (Fsp3) is 0.529. The van der Waals surface area contributed by atoms with Gasteiger partial charge in [0.2, 0.25) is 0 Å². The van der Waals surface area contributed by atoms with Gasteiger partial charge in [-0.2, -0.15) is 5.26 Å². The quantitative estimate of drug-likeness (QED) is 0.786. The summed E-state index contributed by atoms with van der Waals surface area (Å²) in [6.45, 7) is 1.84. The van der Waals surface area contributed by atoms with E-state index in [1.54, 1.807) is 18.2 Å². The van der Waals surface area contributed by atoms with Crippen molar-refractivity contribution in [3.63, 3.8) is 0 Å². The second kappa shape index (κ2) is 5.51. The van der Waals surface area contributed by atoms with Crippen LogP contribution in [0, 0.1) is 24.2 Å². The van der Waals surface area contributed by atoms with Crippen LogP contribution in [0.3, 0.4) is 0 Å². The number of carbonyl (C=O) groups is 1. The van der Waals surface area contributed by atoms with E-state index in [1.165, 1.54) is 0 Å². The second-order valence-corrected chi connectivity index (χ2v) is 8.95. The van der Waals surface area contributed by atoms with E-state index in [0.717, 1.165) is 12.0 Å². The molecule has 5 heteroatoms. The summed E-state index contributed by atoms with van der Waals surface area (Å²) in [5, 5.41) is 8.39. The third kappa shape index (κ3) is 2.46. The van der Waals surface area contributed by atoms with Gasteiger partial charge in [-0.15, -0.1) is 0 Å². The number of rotatable bonds is 2. The lowest BCUT2D eigenvalue weighted by Gasteiger charge is -2.38. The zero-order valence-corrected chi connectivity index (χ0v) is 13.4. The number of benzene rings is 1. The number of hydrogen-bond acceptors (Lipinski definition) is 4. The Hall–Kier alpha value is -1.67. The first kappa shape index (κ1) is 15.2. The molecule has 22 heavy (non-hydrogen) atoms. The molecule has 1 aromatic carbocycles. The third-order valence-electron chi connectivity index (χ3n) is 5.09. The highest BCUT2D eigenvalue weighted by atomic mass is 32.2. The molecular weight excluding hydrogens is 298 g/mol. The monoisotopic (exact) mass is 317 g/mol. The summed E-state index contributed by atoms with van der Waals surface area (Å²) >= 11 is 0. The number of Topliss-reactive ketones (excluding diaryl/α,β-unsaturated/α-hetero) is 1. The summed E-state index contributed by atoms with van der Waals surface area (Å²) in [6.07, 6.45) is 3.18. The maximum absolute atomic E-state index is 12.7. The van der Waals surface area contributed by atoms with Crippen LogP contribution in [0.1, 0.15) is 53.6 Å². The van der Waals surface area contributed by atoms with Crippen LogP contribution in [0.15, 0.2) is 18.2 Å². The molecule has 0 radical (unpaired) electrons. The fourth-order valence-electron chi connectivity index (χ4n) is 3.75. The van der Waals surface area contributed by atoms with E-state index in [1.807, 2.05) is 6.92 Å². The third-order valence-corrected chi connectivity index (χ3v) is 7.80. The van der Waals surface area contributed by atoms with Crippen molar-refractivity contribution in [2.75, 3.05) is 0 Å². The molecule has 2 aliphatic heterocycles. The van der Waals surface area contributed by atoms with Crippen molar-refractivity contribution in [1.29, 1.82) is 5.26 Å². The summed E-state index contributed by atoms with van der Waals surface area (Å²) < 4.78 is 24.6. The lowest BCUT2D eigenvalue weighted by atomic mass is 9.84. The second-order valence-electron chi connectivity index (χ2n) is 6.44. The highest BCUT2D eigenvalue weighted by molar-refractivity contribution is 7.92. The van der Waals surface area contributed by atoms with Crippen LogP contribution in [0.25, 0.3) is 0 Å². The molecule has 2 heterocycles. The van der Waals surface area contributed by atoms with E-state index in [0.29, 0.717) is 36.8 Å². The number of fused-ring (bicyclic) bond motifs is 2. The Balaban J connectivity index is 1.87. The predicted octanol–water partition coefficient (Wildman–Crippen LogP) is 2.80.